The van der Waals surface area contributed by atoms with Gasteiger partial charge in [-0.3, -0.25) is 9.36 Å². The number of nitrogens with zero attached hydrogens (tertiary/aromatic N) is 5. The molecule has 3 heterocycles. The standard InChI is InChI=1S/C27H21F4N5O3/c1-26(2,3)18-6-4-16(5-7-18)24(37)36(39-25(38)27(29,30)31)23-15-35-21(32-23)10-11-22(33-35)34-13-12-17-14-19(28)8-9-20(17)34/h4-15H,1-3H3. The van der Waals surface area contributed by atoms with Gasteiger partial charge in [-0.2, -0.15) is 13.2 Å². The second-order valence-corrected chi connectivity index (χ2v) is 9.79. The Hall–Kier alpha value is -4.74. The zero-order chi connectivity index (χ0) is 28.1. The second-order valence-electron chi connectivity index (χ2n) is 9.79. The Morgan fingerprint density at radius 1 is 0.949 bits per heavy atom. The first kappa shape index (κ1) is 25.9. The van der Waals surface area contributed by atoms with Gasteiger partial charge in [-0.15, -0.1) is 10.2 Å². The van der Waals surface area contributed by atoms with Crippen molar-refractivity contribution in [3.05, 3.63) is 90.0 Å². The van der Waals surface area contributed by atoms with E-state index in [1.807, 2.05) is 20.8 Å². The Morgan fingerprint density at radius 3 is 2.33 bits per heavy atom. The molecule has 39 heavy (non-hydrogen) atoms. The molecule has 0 saturated carbocycles. The van der Waals surface area contributed by atoms with Crippen molar-refractivity contribution in [3.63, 3.8) is 0 Å². The smallest absolute Gasteiger partial charge is 0.323 e. The van der Waals surface area contributed by atoms with E-state index < -0.39 is 23.9 Å². The third-order valence-electron chi connectivity index (χ3n) is 5.99. The van der Waals surface area contributed by atoms with Crippen LogP contribution in [0.25, 0.3) is 22.4 Å². The van der Waals surface area contributed by atoms with E-state index >= 15 is 0 Å². The third-order valence-corrected chi connectivity index (χ3v) is 5.99. The van der Waals surface area contributed by atoms with Gasteiger partial charge in [0.15, 0.2) is 17.3 Å². The molecule has 3 aromatic heterocycles. The molecule has 5 rings (SSSR count). The van der Waals surface area contributed by atoms with Crippen LogP contribution in [-0.2, 0) is 15.0 Å². The van der Waals surface area contributed by atoms with Gasteiger partial charge >= 0.3 is 12.1 Å². The zero-order valence-electron chi connectivity index (χ0n) is 20.9. The molecule has 0 bridgehead atoms. The summed E-state index contributed by atoms with van der Waals surface area (Å²) in [6.07, 6.45) is -2.51. The minimum absolute atomic E-state index is 0.0188. The highest BCUT2D eigenvalue weighted by molar-refractivity contribution is 6.05. The fraction of sp³-hybridized carbons (Fsp3) is 0.185. The fourth-order valence-corrected chi connectivity index (χ4v) is 3.96. The van der Waals surface area contributed by atoms with Gasteiger partial charge in [-0.1, -0.05) is 32.9 Å². The average Bonchev–Trinajstić information content (AvgIpc) is 3.48. The first-order valence-corrected chi connectivity index (χ1v) is 11.7. The number of hydroxylamine groups is 1. The van der Waals surface area contributed by atoms with E-state index in [2.05, 4.69) is 14.9 Å². The minimum atomic E-state index is -5.35. The summed E-state index contributed by atoms with van der Waals surface area (Å²) in [4.78, 5) is 33.6. The number of benzene rings is 2. The monoisotopic (exact) mass is 539 g/mol. The molecule has 200 valence electrons. The van der Waals surface area contributed by atoms with Gasteiger partial charge in [0.25, 0.3) is 5.91 Å². The Balaban J connectivity index is 1.54. The summed E-state index contributed by atoms with van der Waals surface area (Å²) in [7, 11) is 0. The number of amides is 1. The summed E-state index contributed by atoms with van der Waals surface area (Å²) >= 11 is 0. The van der Waals surface area contributed by atoms with E-state index in [1.165, 1.54) is 34.8 Å². The minimum Gasteiger partial charge on any atom is -0.323 e. The van der Waals surface area contributed by atoms with Crippen LogP contribution in [-0.4, -0.2) is 37.2 Å². The maximum absolute atomic E-state index is 13.6. The van der Waals surface area contributed by atoms with Gasteiger partial charge in [-0.25, -0.2) is 18.7 Å². The highest BCUT2D eigenvalue weighted by Crippen LogP contribution is 2.26. The molecule has 0 saturated heterocycles. The number of aromatic nitrogens is 4. The number of halogens is 4. The number of imidazole rings is 1. The lowest BCUT2D eigenvalue weighted by Crippen LogP contribution is -2.39. The van der Waals surface area contributed by atoms with Crippen LogP contribution in [0.5, 0.6) is 0 Å². The average molecular weight is 539 g/mol. The molecule has 0 aliphatic carbocycles. The van der Waals surface area contributed by atoms with Crippen molar-refractivity contribution in [1.29, 1.82) is 0 Å². The van der Waals surface area contributed by atoms with E-state index in [1.54, 1.807) is 41.1 Å². The number of hydrogen-bond acceptors (Lipinski definition) is 5. The first-order chi connectivity index (χ1) is 18.3. The largest absolute Gasteiger partial charge is 0.493 e. The van der Waals surface area contributed by atoms with Gasteiger partial charge in [0.2, 0.25) is 0 Å². The van der Waals surface area contributed by atoms with Crippen LogP contribution in [0.1, 0.15) is 36.7 Å². The predicted octanol–water partition coefficient (Wildman–Crippen LogP) is 5.78. The molecule has 1 amide bonds. The molecule has 5 aromatic rings. The second kappa shape index (κ2) is 9.22. The van der Waals surface area contributed by atoms with Crippen LogP contribution in [0, 0.1) is 5.82 Å². The lowest BCUT2D eigenvalue weighted by atomic mass is 9.87. The number of hydrogen-bond donors (Lipinski definition) is 0. The molecule has 0 N–H and O–H groups in total. The molecule has 0 unspecified atom stereocenters. The van der Waals surface area contributed by atoms with Crippen LogP contribution in [0.3, 0.4) is 0 Å². The Morgan fingerprint density at radius 2 is 1.67 bits per heavy atom. The quantitative estimate of drug-likeness (QED) is 0.215. The highest BCUT2D eigenvalue weighted by atomic mass is 19.4. The molecule has 0 aliphatic rings. The molecule has 0 atom stereocenters. The third kappa shape index (κ3) is 5.05. The van der Waals surface area contributed by atoms with E-state index in [4.69, 9.17) is 0 Å². The van der Waals surface area contributed by atoms with Crippen molar-refractivity contribution in [2.75, 3.05) is 5.06 Å². The van der Waals surface area contributed by atoms with Crippen molar-refractivity contribution in [2.45, 2.75) is 32.4 Å². The van der Waals surface area contributed by atoms with Crippen molar-refractivity contribution in [1.82, 2.24) is 19.2 Å². The SMILES string of the molecule is CC(C)(C)c1ccc(C(=O)N(OC(=O)C(F)(F)F)c2cn3nc(-n4ccc5cc(F)ccc54)ccc3n2)cc1. The highest BCUT2D eigenvalue weighted by Gasteiger charge is 2.44. The van der Waals surface area contributed by atoms with Gasteiger partial charge in [-0.05, 0) is 59.5 Å². The van der Waals surface area contributed by atoms with E-state index in [9.17, 15) is 27.2 Å². The van der Waals surface area contributed by atoms with Gasteiger partial charge < -0.3 is 4.84 Å². The summed E-state index contributed by atoms with van der Waals surface area (Å²) in [6, 6.07) is 15.3. The number of carbonyl (C=O) groups is 2. The number of rotatable bonds is 3. The van der Waals surface area contributed by atoms with Crippen molar-refractivity contribution in [2.24, 2.45) is 0 Å². The summed E-state index contributed by atoms with van der Waals surface area (Å²) in [5.41, 5.74) is 1.48. The van der Waals surface area contributed by atoms with Crippen molar-refractivity contribution >= 4 is 34.2 Å². The van der Waals surface area contributed by atoms with Crippen LogP contribution < -0.4 is 5.06 Å². The molecule has 8 nitrogen and oxygen atoms in total. The van der Waals surface area contributed by atoms with E-state index in [0.29, 0.717) is 16.7 Å². The molecule has 0 aliphatic heterocycles. The van der Waals surface area contributed by atoms with Crippen molar-refractivity contribution in [3.8, 4) is 5.82 Å². The maximum atomic E-state index is 13.6. The summed E-state index contributed by atoms with van der Waals surface area (Å²) < 4.78 is 55.7. The molecule has 0 spiro atoms. The van der Waals surface area contributed by atoms with Crippen LogP contribution >= 0.6 is 0 Å². The normalized spacial score (nSPS) is 12.2. The topological polar surface area (TPSA) is 81.7 Å². The van der Waals surface area contributed by atoms with E-state index in [-0.39, 0.29) is 27.5 Å². The lowest BCUT2D eigenvalue weighted by Gasteiger charge is -2.21. The Bertz CT molecular complexity index is 1720. The summed E-state index contributed by atoms with van der Waals surface area (Å²) in [5.74, 6) is -4.01. The lowest BCUT2D eigenvalue weighted by molar-refractivity contribution is -0.200. The number of alkyl halides is 3. The maximum Gasteiger partial charge on any atom is 0.493 e. The number of fused-ring (bicyclic) bond motifs is 2. The molecular formula is C27H21F4N5O3. The number of anilines is 1. The fourth-order valence-electron chi connectivity index (χ4n) is 3.96. The van der Waals surface area contributed by atoms with Gasteiger partial charge in [0.1, 0.15) is 5.82 Å². The van der Waals surface area contributed by atoms with Crippen LogP contribution in [0.2, 0.25) is 0 Å². The zero-order valence-corrected chi connectivity index (χ0v) is 20.9. The van der Waals surface area contributed by atoms with Gasteiger partial charge in [0.05, 0.1) is 11.7 Å². The molecule has 12 heteroatoms. The van der Waals surface area contributed by atoms with Gasteiger partial charge in [0, 0.05) is 17.1 Å². The van der Waals surface area contributed by atoms with Crippen LogP contribution in [0.4, 0.5) is 23.4 Å². The Labute approximate surface area is 219 Å². The molecule has 0 fully saturated rings. The molecular weight excluding hydrogens is 518 g/mol. The summed E-state index contributed by atoms with van der Waals surface area (Å²) in [6.45, 7) is 5.90. The summed E-state index contributed by atoms with van der Waals surface area (Å²) in [5, 5.41) is 5.25. The molecule has 0 radical (unpaired) electrons. The molecule has 2 aromatic carbocycles. The van der Waals surface area contributed by atoms with Crippen LogP contribution in [0.15, 0.2) is 73.1 Å². The number of carbonyl (C=O) groups excluding carboxylic acids is 2. The first-order valence-electron chi connectivity index (χ1n) is 11.7. The Kier molecular flexibility index (Phi) is 6.12. The van der Waals surface area contributed by atoms with Crippen molar-refractivity contribution < 1.29 is 32.0 Å². The van der Waals surface area contributed by atoms with E-state index in [0.717, 1.165) is 11.8 Å². The predicted molar refractivity (Wildman–Crippen MR) is 134 cm³/mol.